The number of amides is 1. The lowest BCUT2D eigenvalue weighted by molar-refractivity contribution is -0.121. The Bertz CT molecular complexity index is 934. The molecule has 9 nitrogen and oxygen atoms in total. The third-order valence-electron chi connectivity index (χ3n) is 5.51. The average molecular weight is 481 g/mol. The van der Waals surface area contributed by atoms with Crippen LogP contribution in [-0.4, -0.2) is 66.9 Å². The monoisotopic (exact) mass is 480 g/mol. The van der Waals surface area contributed by atoms with Gasteiger partial charge in [0.25, 0.3) is 0 Å². The highest BCUT2D eigenvalue weighted by Crippen LogP contribution is 2.32. The Morgan fingerprint density at radius 1 is 1.12 bits per heavy atom. The van der Waals surface area contributed by atoms with Gasteiger partial charge in [-0.2, -0.15) is 0 Å². The highest BCUT2D eigenvalue weighted by atomic mass is 35.5. The van der Waals surface area contributed by atoms with Crippen molar-refractivity contribution in [1.82, 2.24) is 20.3 Å². The van der Waals surface area contributed by atoms with Gasteiger partial charge in [-0.3, -0.25) is 4.79 Å². The van der Waals surface area contributed by atoms with Crippen molar-refractivity contribution in [2.45, 2.75) is 12.8 Å². The fourth-order valence-electron chi connectivity index (χ4n) is 3.62. The van der Waals surface area contributed by atoms with Gasteiger partial charge >= 0.3 is 0 Å². The van der Waals surface area contributed by atoms with E-state index in [4.69, 9.17) is 32.7 Å². The zero-order valence-electron chi connectivity index (χ0n) is 17.6. The number of pyridine rings is 1. The number of aromatic nitrogens is 3. The van der Waals surface area contributed by atoms with E-state index in [0.29, 0.717) is 53.6 Å². The van der Waals surface area contributed by atoms with E-state index in [0.717, 1.165) is 39.1 Å². The van der Waals surface area contributed by atoms with E-state index in [-0.39, 0.29) is 17.0 Å². The smallest absolute Gasteiger partial charge is 0.232 e. The van der Waals surface area contributed by atoms with Crippen LogP contribution in [0.5, 0.6) is 0 Å². The molecule has 0 aliphatic carbocycles. The fourth-order valence-corrected chi connectivity index (χ4v) is 4.01. The molecule has 0 radical (unpaired) electrons. The van der Waals surface area contributed by atoms with Crippen LogP contribution in [-0.2, 0) is 14.3 Å². The summed E-state index contributed by atoms with van der Waals surface area (Å²) in [6.07, 6.45) is 5.10. The molecule has 2 aliphatic rings. The van der Waals surface area contributed by atoms with Crippen molar-refractivity contribution in [2.75, 3.05) is 56.7 Å². The molecule has 2 aromatic heterocycles. The van der Waals surface area contributed by atoms with Crippen LogP contribution in [0.4, 0.5) is 11.6 Å². The molecule has 172 valence electrons. The first-order valence-electron chi connectivity index (χ1n) is 10.7. The summed E-state index contributed by atoms with van der Waals surface area (Å²) in [4.78, 5) is 25.7. The van der Waals surface area contributed by atoms with E-state index in [9.17, 15) is 4.79 Å². The van der Waals surface area contributed by atoms with Crippen LogP contribution >= 0.6 is 23.2 Å². The summed E-state index contributed by atoms with van der Waals surface area (Å²) >= 11 is 12.7. The second-order valence-corrected chi connectivity index (χ2v) is 8.61. The SMILES string of the molecule is O=C(Nc1cc(-c2nc(NCC3CCOCC3)cnc2Cl)c(Cl)cn1)[C@@H]1CNCCOC1. The van der Waals surface area contributed by atoms with Crippen LogP contribution in [0.2, 0.25) is 10.2 Å². The largest absolute Gasteiger partial charge is 0.381 e. The standard InChI is InChI=1S/C21H26Cl2N6O3/c22-16-10-26-17(29-21(30)14-9-24-3-6-32-12-14)7-15(16)19-20(23)27-11-18(28-19)25-8-13-1-4-31-5-2-13/h7,10-11,13-14,24H,1-6,8-9,12H2,(H,25,28)(H,26,29,30)/t14-/m1/s1. The first-order valence-corrected chi connectivity index (χ1v) is 11.4. The van der Waals surface area contributed by atoms with E-state index >= 15 is 0 Å². The summed E-state index contributed by atoms with van der Waals surface area (Å²) in [7, 11) is 0. The van der Waals surface area contributed by atoms with Gasteiger partial charge in [0, 0.05) is 44.6 Å². The Hall–Kier alpha value is -2.04. The molecule has 4 rings (SSSR count). The highest BCUT2D eigenvalue weighted by Gasteiger charge is 2.22. The molecule has 0 aromatic carbocycles. The third kappa shape index (κ3) is 6.05. The minimum Gasteiger partial charge on any atom is -0.381 e. The van der Waals surface area contributed by atoms with Crippen molar-refractivity contribution in [3.63, 3.8) is 0 Å². The van der Waals surface area contributed by atoms with E-state index in [2.05, 4.69) is 30.9 Å². The van der Waals surface area contributed by atoms with Crippen molar-refractivity contribution in [2.24, 2.45) is 11.8 Å². The van der Waals surface area contributed by atoms with Crippen molar-refractivity contribution >= 4 is 40.7 Å². The first kappa shape index (κ1) is 23.1. The summed E-state index contributed by atoms with van der Waals surface area (Å²) < 4.78 is 10.9. The Morgan fingerprint density at radius 2 is 1.97 bits per heavy atom. The normalized spacial score (nSPS) is 19.9. The van der Waals surface area contributed by atoms with Gasteiger partial charge in [0.05, 0.1) is 30.4 Å². The average Bonchev–Trinajstić information content (AvgIpc) is 3.10. The van der Waals surface area contributed by atoms with Gasteiger partial charge in [0.2, 0.25) is 5.91 Å². The van der Waals surface area contributed by atoms with Crippen LogP contribution in [0.3, 0.4) is 0 Å². The van der Waals surface area contributed by atoms with E-state index < -0.39 is 0 Å². The van der Waals surface area contributed by atoms with Gasteiger partial charge in [-0.1, -0.05) is 23.2 Å². The maximum Gasteiger partial charge on any atom is 0.232 e. The number of nitrogens with one attached hydrogen (secondary N) is 3. The molecule has 32 heavy (non-hydrogen) atoms. The van der Waals surface area contributed by atoms with Crippen molar-refractivity contribution in [3.05, 3.63) is 28.6 Å². The predicted octanol–water partition coefficient (Wildman–Crippen LogP) is 2.86. The molecule has 4 heterocycles. The Labute approximate surface area is 196 Å². The number of ether oxygens (including phenoxy) is 2. The predicted molar refractivity (Wildman–Crippen MR) is 123 cm³/mol. The number of carbonyl (C=O) groups excluding carboxylic acids is 1. The number of anilines is 2. The number of halogens is 2. The molecule has 1 atom stereocenters. The molecule has 1 amide bonds. The van der Waals surface area contributed by atoms with Crippen LogP contribution < -0.4 is 16.0 Å². The number of hydrogen-bond acceptors (Lipinski definition) is 8. The van der Waals surface area contributed by atoms with Gasteiger partial charge in [0.1, 0.15) is 17.3 Å². The molecule has 0 saturated carbocycles. The molecule has 11 heteroatoms. The Kier molecular flexibility index (Phi) is 8.10. The number of nitrogens with zero attached hydrogens (tertiary/aromatic N) is 3. The molecular weight excluding hydrogens is 455 g/mol. The number of carbonyl (C=O) groups is 1. The van der Waals surface area contributed by atoms with Gasteiger partial charge in [0.15, 0.2) is 5.15 Å². The van der Waals surface area contributed by atoms with Gasteiger partial charge in [-0.05, 0) is 24.8 Å². The quantitative estimate of drug-likeness (QED) is 0.578. The van der Waals surface area contributed by atoms with Crippen molar-refractivity contribution < 1.29 is 14.3 Å². The summed E-state index contributed by atoms with van der Waals surface area (Å²) in [5.41, 5.74) is 0.963. The maximum atomic E-state index is 12.6. The van der Waals surface area contributed by atoms with Crippen LogP contribution in [0.25, 0.3) is 11.3 Å². The minimum absolute atomic E-state index is 0.177. The highest BCUT2D eigenvalue weighted by molar-refractivity contribution is 6.35. The zero-order chi connectivity index (χ0) is 22.3. The molecule has 0 bridgehead atoms. The van der Waals surface area contributed by atoms with Gasteiger partial charge < -0.3 is 25.4 Å². The van der Waals surface area contributed by atoms with Crippen LogP contribution in [0, 0.1) is 11.8 Å². The minimum atomic E-state index is -0.306. The second-order valence-electron chi connectivity index (χ2n) is 7.85. The molecule has 2 aromatic rings. The topological polar surface area (TPSA) is 110 Å². The van der Waals surface area contributed by atoms with Gasteiger partial charge in [-0.25, -0.2) is 15.0 Å². The molecule has 2 fully saturated rings. The van der Waals surface area contributed by atoms with E-state index in [1.54, 1.807) is 12.3 Å². The summed E-state index contributed by atoms with van der Waals surface area (Å²) in [6, 6.07) is 1.66. The molecule has 2 aliphatic heterocycles. The Balaban J connectivity index is 1.49. The van der Waals surface area contributed by atoms with Crippen LogP contribution in [0.1, 0.15) is 12.8 Å². The van der Waals surface area contributed by atoms with Gasteiger partial charge in [-0.15, -0.1) is 0 Å². The van der Waals surface area contributed by atoms with Crippen molar-refractivity contribution in [3.8, 4) is 11.3 Å². The lowest BCUT2D eigenvalue weighted by Crippen LogP contribution is -2.33. The third-order valence-corrected chi connectivity index (χ3v) is 6.08. The number of rotatable bonds is 6. The fraction of sp³-hybridized carbons (Fsp3) is 0.524. The van der Waals surface area contributed by atoms with Crippen LogP contribution in [0.15, 0.2) is 18.5 Å². The Morgan fingerprint density at radius 3 is 2.81 bits per heavy atom. The molecule has 3 N–H and O–H groups in total. The lowest BCUT2D eigenvalue weighted by Gasteiger charge is -2.22. The summed E-state index contributed by atoms with van der Waals surface area (Å²) in [5, 5.41) is 9.92. The second kappa shape index (κ2) is 11.2. The van der Waals surface area contributed by atoms with E-state index in [1.807, 2.05) is 0 Å². The molecule has 0 unspecified atom stereocenters. The molecule has 2 saturated heterocycles. The summed E-state index contributed by atoms with van der Waals surface area (Å²) in [5.74, 6) is 1.01. The van der Waals surface area contributed by atoms with Crippen molar-refractivity contribution in [1.29, 1.82) is 0 Å². The summed E-state index contributed by atoms with van der Waals surface area (Å²) in [6.45, 7) is 4.57. The molecular formula is C21H26Cl2N6O3. The zero-order valence-corrected chi connectivity index (χ0v) is 19.1. The number of hydrogen-bond donors (Lipinski definition) is 3. The maximum absolute atomic E-state index is 12.6. The first-order chi connectivity index (χ1) is 15.6. The van der Waals surface area contributed by atoms with E-state index in [1.165, 1.54) is 6.20 Å². The lowest BCUT2D eigenvalue weighted by atomic mass is 10.0. The molecule has 0 spiro atoms.